The Kier molecular flexibility index (Phi) is 2.83. The summed E-state index contributed by atoms with van der Waals surface area (Å²) in [4.78, 5) is 3.90. The van der Waals surface area contributed by atoms with Gasteiger partial charge in [0.25, 0.3) is 0 Å². The summed E-state index contributed by atoms with van der Waals surface area (Å²) in [6, 6.07) is 0. The highest BCUT2D eigenvalue weighted by Gasteiger charge is 2.16. The van der Waals surface area contributed by atoms with Gasteiger partial charge in [0, 0.05) is 25.5 Å². The van der Waals surface area contributed by atoms with Crippen molar-refractivity contribution in [3.05, 3.63) is 18.7 Å². The van der Waals surface area contributed by atoms with Crippen LogP contribution in [0.2, 0.25) is 0 Å². The molecule has 4 nitrogen and oxygen atoms in total. The third-order valence-electron chi connectivity index (χ3n) is 1.91. The third kappa shape index (κ3) is 2.64. The summed E-state index contributed by atoms with van der Waals surface area (Å²) in [6.45, 7) is 2.79. The molecule has 1 heterocycles. The number of hydrogen-bond donors (Lipinski definition) is 2. The molecular formula is C8H15N3O. The molecule has 0 aromatic carbocycles. The van der Waals surface area contributed by atoms with Crippen molar-refractivity contribution in [1.29, 1.82) is 0 Å². The van der Waals surface area contributed by atoms with Crippen LogP contribution >= 0.6 is 0 Å². The average Bonchev–Trinajstić information content (AvgIpc) is 2.53. The topological polar surface area (TPSA) is 64.1 Å². The molecule has 1 aromatic rings. The minimum absolute atomic E-state index is 0.293. The van der Waals surface area contributed by atoms with Gasteiger partial charge in [-0.3, -0.25) is 0 Å². The number of imidazole rings is 1. The second-order valence-corrected chi connectivity index (χ2v) is 3.25. The van der Waals surface area contributed by atoms with E-state index in [9.17, 15) is 5.11 Å². The lowest BCUT2D eigenvalue weighted by Gasteiger charge is -2.20. The number of aryl methyl sites for hydroxylation is 1. The highest BCUT2D eigenvalue weighted by molar-refractivity contribution is 4.78. The Morgan fingerprint density at radius 2 is 2.42 bits per heavy atom. The summed E-state index contributed by atoms with van der Waals surface area (Å²) in [7, 11) is 0. The Balaban J connectivity index is 2.36. The SMILES string of the molecule is CC(O)(CN)CCn1ccnc1. The van der Waals surface area contributed by atoms with E-state index in [1.54, 1.807) is 19.4 Å². The van der Waals surface area contributed by atoms with Crippen LogP contribution in [0.25, 0.3) is 0 Å². The molecule has 0 aliphatic heterocycles. The van der Waals surface area contributed by atoms with E-state index in [1.807, 2.05) is 10.8 Å². The second-order valence-electron chi connectivity index (χ2n) is 3.25. The van der Waals surface area contributed by atoms with Gasteiger partial charge in [-0.05, 0) is 13.3 Å². The van der Waals surface area contributed by atoms with Crippen LogP contribution in [0.1, 0.15) is 13.3 Å². The molecule has 0 amide bonds. The van der Waals surface area contributed by atoms with E-state index < -0.39 is 5.60 Å². The molecule has 0 aliphatic carbocycles. The molecule has 4 heteroatoms. The van der Waals surface area contributed by atoms with E-state index in [-0.39, 0.29) is 0 Å². The van der Waals surface area contributed by atoms with Crippen molar-refractivity contribution in [2.75, 3.05) is 6.54 Å². The van der Waals surface area contributed by atoms with Gasteiger partial charge in [0.1, 0.15) is 0 Å². The Hall–Kier alpha value is -0.870. The number of aromatic nitrogens is 2. The van der Waals surface area contributed by atoms with Crippen LogP contribution in [0.3, 0.4) is 0 Å². The Bertz CT molecular complexity index is 218. The van der Waals surface area contributed by atoms with Crippen LogP contribution < -0.4 is 5.73 Å². The van der Waals surface area contributed by atoms with Crippen LogP contribution in [-0.2, 0) is 6.54 Å². The standard InChI is InChI=1S/C8H15N3O/c1-8(12,6-9)2-4-11-5-3-10-7-11/h3,5,7,12H,2,4,6,9H2,1H3. The second kappa shape index (κ2) is 3.69. The Morgan fingerprint density at radius 1 is 1.67 bits per heavy atom. The molecule has 1 rings (SSSR count). The van der Waals surface area contributed by atoms with Gasteiger partial charge in [-0.2, -0.15) is 0 Å². The lowest BCUT2D eigenvalue weighted by Crippen LogP contribution is -2.35. The van der Waals surface area contributed by atoms with E-state index in [2.05, 4.69) is 4.98 Å². The molecule has 0 bridgehead atoms. The zero-order chi connectivity index (χ0) is 9.03. The summed E-state index contributed by atoms with van der Waals surface area (Å²) in [5.41, 5.74) is 4.61. The number of aliphatic hydroxyl groups is 1. The van der Waals surface area contributed by atoms with Crippen molar-refractivity contribution >= 4 is 0 Å². The third-order valence-corrected chi connectivity index (χ3v) is 1.91. The summed E-state index contributed by atoms with van der Waals surface area (Å²) in [5.74, 6) is 0. The van der Waals surface area contributed by atoms with Gasteiger partial charge in [0.2, 0.25) is 0 Å². The highest BCUT2D eigenvalue weighted by atomic mass is 16.3. The molecular weight excluding hydrogens is 154 g/mol. The number of hydrogen-bond acceptors (Lipinski definition) is 3. The average molecular weight is 169 g/mol. The summed E-state index contributed by atoms with van der Waals surface area (Å²) < 4.78 is 1.92. The number of nitrogens with zero attached hydrogens (tertiary/aromatic N) is 2. The van der Waals surface area contributed by atoms with Crippen LogP contribution in [0.5, 0.6) is 0 Å². The maximum absolute atomic E-state index is 9.56. The first kappa shape index (κ1) is 9.22. The molecule has 0 aliphatic rings. The molecule has 0 saturated carbocycles. The van der Waals surface area contributed by atoms with Crippen LogP contribution in [0.15, 0.2) is 18.7 Å². The van der Waals surface area contributed by atoms with Gasteiger partial charge in [0.05, 0.1) is 11.9 Å². The van der Waals surface area contributed by atoms with Crippen molar-refractivity contribution < 1.29 is 5.11 Å². The van der Waals surface area contributed by atoms with Crippen molar-refractivity contribution in [2.45, 2.75) is 25.5 Å². The Morgan fingerprint density at radius 3 is 2.92 bits per heavy atom. The predicted molar refractivity (Wildman–Crippen MR) is 46.5 cm³/mol. The monoisotopic (exact) mass is 169 g/mol. The molecule has 0 saturated heterocycles. The fraction of sp³-hybridized carbons (Fsp3) is 0.625. The van der Waals surface area contributed by atoms with Crippen molar-refractivity contribution in [1.82, 2.24) is 9.55 Å². The minimum Gasteiger partial charge on any atom is -0.389 e. The first-order valence-electron chi connectivity index (χ1n) is 4.02. The molecule has 1 unspecified atom stereocenters. The number of nitrogens with two attached hydrogens (primary N) is 1. The summed E-state index contributed by atoms with van der Waals surface area (Å²) >= 11 is 0. The van der Waals surface area contributed by atoms with Crippen molar-refractivity contribution in [2.24, 2.45) is 5.73 Å². The van der Waals surface area contributed by atoms with Crippen LogP contribution in [0.4, 0.5) is 0 Å². The first-order chi connectivity index (χ1) is 5.64. The van der Waals surface area contributed by atoms with E-state index >= 15 is 0 Å². The quantitative estimate of drug-likeness (QED) is 0.666. The van der Waals surface area contributed by atoms with Crippen LogP contribution in [0, 0.1) is 0 Å². The fourth-order valence-corrected chi connectivity index (χ4v) is 0.891. The van der Waals surface area contributed by atoms with Gasteiger partial charge in [-0.25, -0.2) is 4.98 Å². The van der Waals surface area contributed by atoms with E-state index in [0.29, 0.717) is 13.0 Å². The van der Waals surface area contributed by atoms with E-state index in [0.717, 1.165) is 6.54 Å². The molecule has 12 heavy (non-hydrogen) atoms. The van der Waals surface area contributed by atoms with Gasteiger partial charge < -0.3 is 15.4 Å². The molecule has 0 spiro atoms. The fourth-order valence-electron chi connectivity index (χ4n) is 0.891. The van der Waals surface area contributed by atoms with E-state index in [4.69, 9.17) is 5.73 Å². The first-order valence-corrected chi connectivity index (χ1v) is 4.02. The maximum Gasteiger partial charge on any atom is 0.0945 e. The van der Waals surface area contributed by atoms with Crippen molar-refractivity contribution in [3.63, 3.8) is 0 Å². The molecule has 1 atom stereocenters. The summed E-state index contributed by atoms with van der Waals surface area (Å²) in [6.07, 6.45) is 5.97. The predicted octanol–water partition coefficient (Wildman–Crippen LogP) is -0.0171. The number of rotatable bonds is 4. The molecule has 0 radical (unpaired) electrons. The van der Waals surface area contributed by atoms with Gasteiger partial charge in [-0.15, -0.1) is 0 Å². The lowest BCUT2D eigenvalue weighted by atomic mass is 10.0. The molecule has 1 aromatic heterocycles. The van der Waals surface area contributed by atoms with Gasteiger partial charge >= 0.3 is 0 Å². The smallest absolute Gasteiger partial charge is 0.0945 e. The zero-order valence-electron chi connectivity index (χ0n) is 7.27. The highest BCUT2D eigenvalue weighted by Crippen LogP contribution is 2.07. The molecule has 0 fully saturated rings. The molecule has 3 N–H and O–H groups in total. The zero-order valence-corrected chi connectivity index (χ0v) is 7.27. The van der Waals surface area contributed by atoms with Crippen molar-refractivity contribution in [3.8, 4) is 0 Å². The Labute approximate surface area is 72.0 Å². The normalized spacial score (nSPS) is 15.9. The molecule has 68 valence electrons. The maximum atomic E-state index is 9.56. The van der Waals surface area contributed by atoms with Gasteiger partial charge in [0.15, 0.2) is 0 Å². The minimum atomic E-state index is -0.760. The summed E-state index contributed by atoms with van der Waals surface area (Å²) in [5, 5.41) is 9.56. The van der Waals surface area contributed by atoms with E-state index in [1.165, 1.54) is 0 Å². The van der Waals surface area contributed by atoms with Crippen LogP contribution in [-0.4, -0.2) is 26.8 Å². The van der Waals surface area contributed by atoms with Gasteiger partial charge in [-0.1, -0.05) is 0 Å². The largest absolute Gasteiger partial charge is 0.389 e. The lowest BCUT2D eigenvalue weighted by molar-refractivity contribution is 0.0554.